The number of rotatable bonds is 6. The van der Waals surface area contributed by atoms with E-state index in [0.29, 0.717) is 20.1 Å². The Morgan fingerprint density at radius 3 is 2.54 bits per heavy atom. The van der Waals surface area contributed by atoms with Crippen LogP contribution in [0.3, 0.4) is 0 Å². The fraction of sp³-hybridized carbons (Fsp3) is 0.0833. The lowest BCUT2D eigenvalue weighted by atomic mass is 10.2. The Balaban J connectivity index is 1.60. The molecule has 0 radical (unpaired) electrons. The van der Waals surface area contributed by atoms with Crippen molar-refractivity contribution >= 4 is 83.2 Å². The summed E-state index contributed by atoms with van der Waals surface area (Å²) < 4.78 is 37.7. The van der Waals surface area contributed by atoms with Crippen LogP contribution in [0.2, 0.25) is 0 Å². The number of nitrogens with one attached hydrogen (secondary N) is 1. The van der Waals surface area contributed by atoms with Crippen LogP contribution in [0.25, 0.3) is 6.08 Å². The average molecular weight is 685 g/mol. The van der Waals surface area contributed by atoms with E-state index in [1.807, 2.05) is 31.2 Å². The predicted octanol–water partition coefficient (Wildman–Crippen LogP) is 6.03. The summed E-state index contributed by atoms with van der Waals surface area (Å²) in [7, 11) is -2.67. The number of hydrogen-bond acceptors (Lipinski definition) is 7. The zero-order valence-electron chi connectivity index (χ0n) is 18.4. The van der Waals surface area contributed by atoms with E-state index in [1.54, 1.807) is 30.3 Å². The van der Waals surface area contributed by atoms with E-state index in [2.05, 4.69) is 48.8 Å². The standard InChI is InChI=1S/C24H18BrIN2O5S2/c1-14-6-8-18(9-7-14)35(30,31)33-22-19(25)10-15(11-20(22)32-2)12-21-23(29)28-24(34-21)27-17-5-3-4-16(26)13-17/h3-13H,1-2H3,(H,27,28,29)/b21-12+. The quantitative estimate of drug-likeness (QED) is 0.194. The SMILES string of the molecule is COc1cc(/C=C2/SC(=Nc3cccc(I)c3)NC2=O)cc(Br)c1OS(=O)(=O)c1ccc(C)cc1. The number of hydrogen-bond donors (Lipinski definition) is 1. The largest absolute Gasteiger partial charge is 0.493 e. The van der Waals surface area contributed by atoms with Gasteiger partial charge < -0.3 is 14.2 Å². The number of carbonyl (C=O) groups excluding carboxylic acids is 1. The van der Waals surface area contributed by atoms with Crippen LogP contribution >= 0.6 is 50.3 Å². The van der Waals surface area contributed by atoms with Gasteiger partial charge in [0.2, 0.25) is 0 Å². The van der Waals surface area contributed by atoms with Gasteiger partial charge in [-0.05, 0) is 111 Å². The predicted molar refractivity (Wildman–Crippen MR) is 150 cm³/mol. The fourth-order valence-electron chi connectivity index (χ4n) is 3.06. The third-order valence-corrected chi connectivity index (χ3v) is 8.15. The molecule has 35 heavy (non-hydrogen) atoms. The number of nitrogens with zero attached hydrogens (tertiary/aromatic N) is 1. The first kappa shape index (κ1) is 25.7. The van der Waals surface area contributed by atoms with Gasteiger partial charge in [-0.15, -0.1) is 0 Å². The van der Waals surface area contributed by atoms with Crippen molar-refractivity contribution in [2.24, 2.45) is 4.99 Å². The number of thioether (sulfide) groups is 1. The van der Waals surface area contributed by atoms with Gasteiger partial charge in [0.05, 0.1) is 22.2 Å². The second-order valence-corrected chi connectivity index (χ2v) is 12.0. The molecule has 0 spiro atoms. The number of halogens is 2. The Morgan fingerprint density at radius 2 is 1.86 bits per heavy atom. The average Bonchev–Trinajstić information content (AvgIpc) is 3.14. The second-order valence-electron chi connectivity index (χ2n) is 7.35. The van der Waals surface area contributed by atoms with Crippen LogP contribution in [0.15, 0.2) is 79.9 Å². The van der Waals surface area contributed by atoms with Crippen LogP contribution in [0, 0.1) is 10.5 Å². The van der Waals surface area contributed by atoms with Crippen LogP contribution in [-0.4, -0.2) is 26.6 Å². The van der Waals surface area contributed by atoms with E-state index in [4.69, 9.17) is 8.92 Å². The van der Waals surface area contributed by atoms with Gasteiger partial charge >= 0.3 is 10.1 Å². The first-order valence-corrected chi connectivity index (χ1v) is 14.2. The van der Waals surface area contributed by atoms with Gasteiger partial charge in [0.1, 0.15) is 4.90 Å². The minimum atomic E-state index is -4.08. The number of aliphatic imine (C=N–C) groups is 1. The number of ether oxygens (including phenoxy) is 1. The lowest BCUT2D eigenvalue weighted by molar-refractivity contribution is -0.115. The second kappa shape index (κ2) is 10.7. The highest BCUT2D eigenvalue weighted by Crippen LogP contribution is 2.40. The molecule has 1 N–H and O–H groups in total. The molecule has 1 saturated heterocycles. The molecule has 1 amide bonds. The minimum absolute atomic E-state index is 0.0136. The maximum atomic E-state index is 12.8. The van der Waals surface area contributed by atoms with Gasteiger partial charge in [-0.25, -0.2) is 4.99 Å². The van der Waals surface area contributed by atoms with Crippen molar-refractivity contribution < 1.29 is 22.1 Å². The summed E-state index contributed by atoms with van der Waals surface area (Å²) in [5, 5.41) is 3.23. The van der Waals surface area contributed by atoms with Crippen LogP contribution in [0.4, 0.5) is 5.69 Å². The van der Waals surface area contributed by atoms with E-state index < -0.39 is 10.1 Å². The topological polar surface area (TPSA) is 94.1 Å². The first-order chi connectivity index (χ1) is 16.6. The maximum Gasteiger partial charge on any atom is 0.339 e. The van der Waals surface area contributed by atoms with Crippen molar-refractivity contribution in [1.82, 2.24) is 5.32 Å². The highest BCUT2D eigenvalue weighted by atomic mass is 127. The van der Waals surface area contributed by atoms with Crippen LogP contribution in [-0.2, 0) is 14.9 Å². The fourth-order valence-corrected chi connectivity index (χ4v) is 6.03. The summed E-state index contributed by atoms with van der Waals surface area (Å²) in [5.41, 5.74) is 2.28. The molecular weight excluding hydrogens is 667 g/mol. The minimum Gasteiger partial charge on any atom is -0.493 e. The van der Waals surface area contributed by atoms with E-state index in [0.717, 1.165) is 14.8 Å². The van der Waals surface area contributed by atoms with Gasteiger partial charge in [0.25, 0.3) is 5.91 Å². The summed E-state index contributed by atoms with van der Waals surface area (Å²) >= 11 is 6.78. The molecule has 0 atom stereocenters. The lowest BCUT2D eigenvalue weighted by Crippen LogP contribution is -2.19. The van der Waals surface area contributed by atoms with Gasteiger partial charge in [-0.3, -0.25) is 4.79 Å². The van der Waals surface area contributed by atoms with Gasteiger partial charge in [-0.2, -0.15) is 8.42 Å². The summed E-state index contributed by atoms with van der Waals surface area (Å²) in [6, 6.07) is 17.2. The van der Waals surface area contributed by atoms with Crippen molar-refractivity contribution in [1.29, 1.82) is 0 Å². The molecule has 0 aromatic heterocycles. The third kappa shape index (κ3) is 6.26. The van der Waals surface area contributed by atoms with Crippen molar-refractivity contribution in [2.75, 3.05) is 7.11 Å². The normalized spacial score (nSPS) is 15.9. The van der Waals surface area contributed by atoms with Crippen molar-refractivity contribution in [3.8, 4) is 11.5 Å². The lowest BCUT2D eigenvalue weighted by Gasteiger charge is -2.13. The molecule has 3 aromatic rings. The molecule has 1 aliphatic heterocycles. The molecule has 1 aliphatic rings. The Kier molecular flexibility index (Phi) is 7.89. The number of methoxy groups -OCH3 is 1. The van der Waals surface area contributed by atoms with Crippen LogP contribution < -0.4 is 14.2 Å². The van der Waals surface area contributed by atoms with E-state index in [1.165, 1.54) is 31.0 Å². The Bertz CT molecular complexity index is 1470. The molecule has 4 rings (SSSR count). The summed E-state index contributed by atoms with van der Waals surface area (Å²) in [5.74, 6) is -0.0745. The Morgan fingerprint density at radius 1 is 1.11 bits per heavy atom. The molecule has 180 valence electrons. The number of carbonyl (C=O) groups is 1. The number of benzene rings is 3. The maximum absolute atomic E-state index is 12.8. The van der Waals surface area contributed by atoms with Crippen molar-refractivity contribution in [3.63, 3.8) is 0 Å². The summed E-state index contributed by atoms with van der Waals surface area (Å²) in [6.07, 6.45) is 1.67. The molecule has 0 unspecified atom stereocenters. The summed E-state index contributed by atoms with van der Waals surface area (Å²) in [6.45, 7) is 1.87. The third-order valence-electron chi connectivity index (χ3n) is 4.74. The molecule has 1 fully saturated rings. The molecular formula is C24H18BrIN2O5S2. The van der Waals surface area contributed by atoms with Gasteiger partial charge in [0.15, 0.2) is 16.7 Å². The molecule has 0 saturated carbocycles. The number of amides is 1. The van der Waals surface area contributed by atoms with E-state index in [-0.39, 0.29) is 22.3 Å². The smallest absolute Gasteiger partial charge is 0.339 e. The Labute approximate surface area is 229 Å². The molecule has 1 heterocycles. The molecule has 0 aliphatic carbocycles. The molecule has 3 aromatic carbocycles. The van der Waals surface area contributed by atoms with Gasteiger partial charge in [-0.1, -0.05) is 23.8 Å². The highest BCUT2D eigenvalue weighted by molar-refractivity contribution is 14.1. The first-order valence-electron chi connectivity index (χ1n) is 10.1. The monoisotopic (exact) mass is 684 g/mol. The number of aryl methyl sites for hydroxylation is 1. The zero-order valence-corrected chi connectivity index (χ0v) is 23.8. The highest BCUT2D eigenvalue weighted by Gasteiger charge is 2.25. The van der Waals surface area contributed by atoms with Crippen LogP contribution in [0.1, 0.15) is 11.1 Å². The Hall–Kier alpha value is -2.35. The molecule has 7 nitrogen and oxygen atoms in total. The molecule has 0 bridgehead atoms. The van der Waals surface area contributed by atoms with Crippen molar-refractivity contribution in [3.05, 3.63) is 84.7 Å². The van der Waals surface area contributed by atoms with E-state index in [9.17, 15) is 13.2 Å². The molecule has 11 heteroatoms. The van der Waals surface area contributed by atoms with E-state index >= 15 is 0 Å². The van der Waals surface area contributed by atoms with Gasteiger partial charge in [0, 0.05) is 3.57 Å². The van der Waals surface area contributed by atoms with Crippen LogP contribution in [0.5, 0.6) is 11.5 Å². The zero-order chi connectivity index (χ0) is 25.2. The number of amidine groups is 1. The summed E-state index contributed by atoms with van der Waals surface area (Å²) in [4.78, 5) is 17.4. The van der Waals surface area contributed by atoms with Crippen molar-refractivity contribution in [2.45, 2.75) is 11.8 Å².